The van der Waals surface area contributed by atoms with Crippen LogP contribution in [0.4, 0.5) is 0 Å². The van der Waals surface area contributed by atoms with Crippen molar-refractivity contribution in [2.24, 2.45) is 7.05 Å². The van der Waals surface area contributed by atoms with Gasteiger partial charge in [-0.2, -0.15) is 0 Å². The number of fused-ring (bicyclic) bond motifs is 2. The predicted octanol–water partition coefficient (Wildman–Crippen LogP) is 3.13. The van der Waals surface area contributed by atoms with Gasteiger partial charge in [0.2, 0.25) is 0 Å². The van der Waals surface area contributed by atoms with Gasteiger partial charge in [0.05, 0.1) is 29.0 Å². The number of β-amino-alcohol motifs (C(OH)–C–C–N with tert-alkyl or cyclic N) is 1. The van der Waals surface area contributed by atoms with Crippen LogP contribution in [0.5, 0.6) is 0 Å². The Morgan fingerprint density at radius 1 is 1.09 bits per heavy atom. The molecule has 2 atom stereocenters. The number of aryl methyl sites for hydroxylation is 1. The molecule has 3 heterocycles. The van der Waals surface area contributed by atoms with E-state index in [0.29, 0.717) is 34.2 Å². The highest BCUT2D eigenvalue weighted by molar-refractivity contribution is 5.97. The first-order valence-electron chi connectivity index (χ1n) is 10.8. The summed E-state index contributed by atoms with van der Waals surface area (Å²) in [5, 5.41) is 11.5. The lowest BCUT2D eigenvalue weighted by Crippen LogP contribution is -2.47. The number of carbonyl (C=O) groups excluding carboxylic acids is 1. The van der Waals surface area contributed by atoms with Gasteiger partial charge in [0.15, 0.2) is 0 Å². The highest BCUT2D eigenvalue weighted by atomic mass is 16.3. The number of pyridine rings is 1. The number of hydrogen-bond donors (Lipinski definition) is 1. The van der Waals surface area contributed by atoms with Gasteiger partial charge in [-0.05, 0) is 61.5 Å². The van der Waals surface area contributed by atoms with E-state index in [9.17, 15) is 14.7 Å². The Kier molecular flexibility index (Phi) is 4.98. The fourth-order valence-corrected chi connectivity index (χ4v) is 4.32. The van der Waals surface area contributed by atoms with Gasteiger partial charge >= 0.3 is 0 Å². The van der Waals surface area contributed by atoms with Crippen molar-refractivity contribution in [3.05, 3.63) is 70.8 Å². The Labute approximate surface area is 185 Å². The van der Waals surface area contributed by atoms with Crippen LogP contribution < -0.4 is 5.56 Å². The molecule has 7 nitrogen and oxygen atoms in total. The lowest BCUT2D eigenvalue weighted by molar-refractivity contribution is 0.0310. The zero-order chi connectivity index (χ0) is 22.4. The summed E-state index contributed by atoms with van der Waals surface area (Å²) in [5.41, 5.74) is 3.34. The van der Waals surface area contributed by atoms with Crippen molar-refractivity contribution in [1.29, 1.82) is 0 Å². The number of hydrogen-bond acceptors (Lipinski definition) is 5. The van der Waals surface area contributed by atoms with Crippen LogP contribution >= 0.6 is 0 Å². The maximum absolute atomic E-state index is 13.1. The van der Waals surface area contributed by atoms with Gasteiger partial charge < -0.3 is 14.6 Å². The summed E-state index contributed by atoms with van der Waals surface area (Å²) in [5.74, 6) is -0.105. The van der Waals surface area contributed by atoms with E-state index in [1.165, 1.54) is 0 Å². The number of carbonyl (C=O) groups is 1. The summed E-state index contributed by atoms with van der Waals surface area (Å²) in [6.07, 6.45) is 4.48. The van der Waals surface area contributed by atoms with Crippen LogP contribution in [0, 0.1) is 0 Å². The number of benzene rings is 2. The van der Waals surface area contributed by atoms with Crippen LogP contribution in [-0.4, -0.2) is 49.1 Å². The largest absolute Gasteiger partial charge is 0.391 e. The molecule has 1 aliphatic heterocycles. The van der Waals surface area contributed by atoms with Gasteiger partial charge in [-0.15, -0.1) is 0 Å². The molecule has 0 unspecified atom stereocenters. The Morgan fingerprint density at radius 2 is 1.94 bits per heavy atom. The minimum atomic E-state index is -0.480. The van der Waals surface area contributed by atoms with Gasteiger partial charge in [0.1, 0.15) is 0 Å². The summed E-state index contributed by atoms with van der Waals surface area (Å²) in [4.78, 5) is 36.4. The molecule has 162 valence electrons. The van der Waals surface area contributed by atoms with Crippen molar-refractivity contribution in [1.82, 2.24) is 19.4 Å². The van der Waals surface area contributed by atoms with Crippen LogP contribution in [0.25, 0.3) is 33.1 Å². The predicted molar refractivity (Wildman–Crippen MR) is 123 cm³/mol. The Hall–Kier alpha value is -3.58. The summed E-state index contributed by atoms with van der Waals surface area (Å²) >= 11 is 0. The molecule has 2 aromatic heterocycles. The maximum Gasteiger partial charge on any atom is 0.258 e. The molecule has 5 rings (SSSR count). The SMILES string of the molecule is C[C@@H]1CC[C@H](O)CN1C(=O)c1ccc2ncc(-c3ccc4c(=O)n(C)ccc4c3)nc2c1. The van der Waals surface area contributed by atoms with Crippen molar-refractivity contribution in [2.75, 3.05) is 6.54 Å². The van der Waals surface area contributed by atoms with E-state index in [2.05, 4.69) is 4.98 Å². The van der Waals surface area contributed by atoms with Crippen LogP contribution in [0.3, 0.4) is 0 Å². The number of nitrogens with zero attached hydrogens (tertiary/aromatic N) is 4. The molecule has 1 amide bonds. The van der Waals surface area contributed by atoms with Crippen molar-refractivity contribution in [3.63, 3.8) is 0 Å². The zero-order valence-electron chi connectivity index (χ0n) is 18.0. The number of amides is 1. The van der Waals surface area contributed by atoms with E-state index in [0.717, 1.165) is 23.8 Å². The van der Waals surface area contributed by atoms with Crippen LogP contribution in [0.2, 0.25) is 0 Å². The number of aliphatic hydroxyl groups excluding tert-OH is 1. The number of aliphatic hydroxyl groups is 1. The average Bonchev–Trinajstić information content (AvgIpc) is 2.81. The maximum atomic E-state index is 13.1. The first kappa shape index (κ1) is 20.3. The number of likely N-dealkylation sites (tertiary alicyclic amines) is 1. The number of piperidine rings is 1. The molecule has 0 spiro atoms. The second kappa shape index (κ2) is 7.84. The van der Waals surface area contributed by atoms with Crippen molar-refractivity contribution >= 4 is 27.7 Å². The molecule has 1 fully saturated rings. The van der Waals surface area contributed by atoms with Crippen molar-refractivity contribution in [3.8, 4) is 11.3 Å². The minimum absolute atomic E-state index is 0.0427. The van der Waals surface area contributed by atoms with Gasteiger partial charge in [-0.25, -0.2) is 4.98 Å². The molecule has 0 aliphatic carbocycles. The fourth-order valence-electron chi connectivity index (χ4n) is 4.32. The van der Waals surface area contributed by atoms with E-state index in [-0.39, 0.29) is 17.5 Å². The van der Waals surface area contributed by atoms with Crippen LogP contribution in [0.1, 0.15) is 30.1 Å². The molecule has 0 bridgehead atoms. The molecule has 4 aromatic rings. The molecule has 7 heteroatoms. The van der Waals surface area contributed by atoms with Gasteiger partial charge in [0.25, 0.3) is 11.5 Å². The molecule has 0 radical (unpaired) electrons. The molecule has 32 heavy (non-hydrogen) atoms. The molecule has 2 aromatic carbocycles. The van der Waals surface area contributed by atoms with Crippen LogP contribution in [-0.2, 0) is 7.05 Å². The molecule has 1 saturated heterocycles. The highest BCUT2D eigenvalue weighted by Crippen LogP contribution is 2.25. The fraction of sp³-hybridized carbons (Fsp3) is 0.280. The Morgan fingerprint density at radius 3 is 2.78 bits per heavy atom. The summed E-state index contributed by atoms with van der Waals surface area (Å²) in [7, 11) is 1.73. The Bertz CT molecular complexity index is 1410. The van der Waals surface area contributed by atoms with E-state index in [1.807, 2.05) is 31.2 Å². The molecule has 1 aliphatic rings. The normalized spacial score (nSPS) is 18.9. The van der Waals surface area contributed by atoms with E-state index < -0.39 is 6.10 Å². The van der Waals surface area contributed by atoms with Gasteiger partial charge in [0, 0.05) is 42.3 Å². The first-order chi connectivity index (χ1) is 15.4. The third kappa shape index (κ3) is 3.54. The summed E-state index contributed by atoms with van der Waals surface area (Å²) in [6.45, 7) is 2.36. The second-order valence-corrected chi connectivity index (χ2v) is 8.53. The highest BCUT2D eigenvalue weighted by Gasteiger charge is 2.28. The quantitative estimate of drug-likeness (QED) is 0.530. The Balaban J connectivity index is 1.52. The standard InChI is InChI=1S/C25H24N4O3/c1-15-3-6-19(30)14-29(15)24(31)18-5-8-21-22(12-18)27-23(13-26-21)17-4-7-20-16(11-17)9-10-28(2)25(20)32/h4-5,7-13,15,19,30H,3,6,14H2,1-2H3/t15-,19+/m1/s1. The summed E-state index contributed by atoms with van der Waals surface area (Å²) < 4.78 is 1.55. The molecule has 0 saturated carbocycles. The topological polar surface area (TPSA) is 88.3 Å². The smallest absolute Gasteiger partial charge is 0.258 e. The van der Waals surface area contributed by atoms with Crippen molar-refractivity contribution < 1.29 is 9.90 Å². The van der Waals surface area contributed by atoms with Gasteiger partial charge in [-0.1, -0.05) is 6.07 Å². The third-order valence-electron chi connectivity index (χ3n) is 6.28. The molecule has 1 N–H and O–H groups in total. The van der Waals surface area contributed by atoms with Gasteiger partial charge in [-0.3, -0.25) is 14.6 Å². The molecular weight excluding hydrogens is 404 g/mol. The monoisotopic (exact) mass is 428 g/mol. The third-order valence-corrected chi connectivity index (χ3v) is 6.28. The van der Waals surface area contributed by atoms with E-state index in [4.69, 9.17) is 4.98 Å². The average molecular weight is 428 g/mol. The number of aromatic nitrogens is 3. The van der Waals surface area contributed by atoms with E-state index >= 15 is 0 Å². The second-order valence-electron chi connectivity index (χ2n) is 8.53. The van der Waals surface area contributed by atoms with Crippen LogP contribution in [0.15, 0.2) is 59.7 Å². The minimum Gasteiger partial charge on any atom is -0.391 e. The summed E-state index contributed by atoms with van der Waals surface area (Å²) in [6, 6.07) is 12.9. The first-order valence-corrected chi connectivity index (χ1v) is 10.8. The lowest BCUT2D eigenvalue weighted by atomic mass is 10.00. The van der Waals surface area contributed by atoms with E-state index in [1.54, 1.807) is 47.1 Å². The lowest BCUT2D eigenvalue weighted by Gasteiger charge is -2.36. The zero-order valence-corrected chi connectivity index (χ0v) is 18.0. The molecular formula is C25H24N4O3. The van der Waals surface area contributed by atoms with Crippen molar-refractivity contribution in [2.45, 2.75) is 31.9 Å². The number of rotatable bonds is 2.